The molecule has 0 aromatic carbocycles. The average molecular weight is 243 g/mol. The first-order chi connectivity index (χ1) is 7.81. The molecule has 0 bridgehead atoms. The Morgan fingerprint density at radius 1 is 1.38 bits per heavy atom. The Kier molecular flexibility index (Phi) is 4.26. The van der Waals surface area contributed by atoms with Gasteiger partial charge in [-0.3, -0.25) is 0 Å². The molecule has 90 valence electrons. The second-order valence-electron chi connectivity index (χ2n) is 4.09. The van der Waals surface area contributed by atoms with Gasteiger partial charge in [0.1, 0.15) is 5.76 Å². The minimum absolute atomic E-state index is 0.177. The van der Waals surface area contributed by atoms with Crippen LogP contribution in [0.1, 0.15) is 29.9 Å². The van der Waals surface area contributed by atoms with Crippen molar-refractivity contribution in [3.63, 3.8) is 0 Å². The number of aromatic nitrogens is 1. The molecular weight excluding hydrogens is 226 g/mol. The van der Waals surface area contributed by atoms with E-state index < -0.39 is 6.10 Å². The number of aliphatic hydroxyl groups is 2. The number of hydrogen-bond acceptors (Lipinski definition) is 5. The Balaban J connectivity index is 1.87. The van der Waals surface area contributed by atoms with Gasteiger partial charge in [-0.2, -0.15) is 11.8 Å². The number of aliphatic hydroxyl groups excluding tert-OH is 2. The molecule has 2 N–H and O–H groups in total. The van der Waals surface area contributed by atoms with E-state index in [-0.39, 0.29) is 6.61 Å². The molecule has 2 rings (SSSR count). The van der Waals surface area contributed by atoms with Crippen molar-refractivity contribution in [1.29, 1.82) is 0 Å². The van der Waals surface area contributed by atoms with Gasteiger partial charge >= 0.3 is 0 Å². The largest absolute Gasteiger partial charge is 0.394 e. The Hall–Kier alpha value is -0.520. The van der Waals surface area contributed by atoms with E-state index in [1.807, 2.05) is 0 Å². The van der Waals surface area contributed by atoms with E-state index in [0.717, 1.165) is 30.0 Å². The van der Waals surface area contributed by atoms with Gasteiger partial charge in [0.25, 0.3) is 0 Å². The standard InChI is InChI=1S/C11H17NO3S/c13-5-8(14)6-16-7-10-9-3-1-2-4-11(9)15-12-10/h8,13-14H,1-7H2/t8-/m0/s1. The van der Waals surface area contributed by atoms with Crippen molar-refractivity contribution in [1.82, 2.24) is 5.16 Å². The third-order valence-electron chi connectivity index (χ3n) is 2.79. The normalized spacial score (nSPS) is 17.1. The lowest BCUT2D eigenvalue weighted by Gasteiger charge is -2.09. The van der Waals surface area contributed by atoms with Crippen LogP contribution in [0.4, 0.5) is 0 Å². The maximum atomic E-state index is 9.21. The predicted molar refractivity (Wildman–Crippen MR) is 62.4 cm³/mol. The summed E-state index contributed by atoms with van der Waals surface area (Å²) in [6.07, 6.45) is 3.85. The Bertz CT molecular complexity index is 340. The van der Waals surface area contributed by atoms with Gasteiger partial charge in [0.05, 0.1) is 18.4 Å². The molecule has 0 spiro atoms. The van der Waals surface area contributed by atoms with Gasteiger partial charge in [-0.15, -0.1) is 0 Å². The van der Waals surface area contributed by atoms with Gasteiger partial charge in [0.15, 0.2) is 0 Å². The Morgan fingerprint density at radius 2 is 2.19 bits per heavy atom. The fraction of sp³-hybridized carbons (Fsp3) is 0.727. The van der Waals surface area contributed by atoms with Crippen molar-refractivity contribution in [2.75, 3.05) is 12.4 Å². The zero-order valence-electron chi connectivity index (χ0n) is 9.19. The van der Waals surface area contributed by atoms with E-state index >= 15 is 0 Å². The quantitative estimate of drug-likeness (QED) is 0.812. The summed E-state index contributed by atoms with van der Waals surface area (Å²) in [6, 6.07) is 0. The minimum Gasteiger partial charge on any atom is -0.394 e. The first-order valence-corrected chi connectivity index (χ1v) is 6.79. The third kappa shape index (κ3) is 2.78. The van der Waals surface area contributed by atoms with Gasteiger partial charge in [-0.05, 0) is 19.3 Å². The van der Waals surface area contributed by atoms with E-state index in [0.29, 0.717) is 5.75 Å². The molecule has 0 fully saturated rings. The summed E-state index contributed by atoms with van der Waals surface area (Å²) in [4.78, 5) is 0. The lowest BCUT2D eigenvalue weighted by Crippen LogP contribution is -2.14. The van der Waals surface area contributed by atoms with Crippen molar-refractivity contribution in [2.24, 2.45) is 0 Å². The summed E-state index contributed by atoms with van der Waals surface area (Å²) in [6.45, 7) is -0.177. The Labute approximate surface area is 99.0 Å². The number of rotatable bonds is 5. The number of thioether (sulfide) groups is 1. The molecule has 1 heterocycles. The summed E-state index contributed by atoms with van der Waals surface area (Å²) in [5.41, 5.74) is 2.29. The van der Waals surface area contributed by atoms with Crippen molar-refractivity contribution < 1.29 is 14.7 Å². The highest BCUT2D eigenvalue weighted by Gasteiger charge is 2.19. The number of hydrogen-bond donors (Lipinski definition) is 2. The van der Waals surface area contributed by atoms with Crippen molar-refractivity contribution in [3.8, 4) is 0 Å². The molecule has 0 saturated heterocycles. The smallest absolute Gasteiger partial charge is 0.140 e. The van der Waals surface area contributed by atoms with Crippen LogP contribution >= 0.6 is 11.8 Å². The van der Waals surface area contributed by atoms with Gasteiger partial charge in [0.2, 0.25) is 0 Å². The number of fused-ring (bicyclic) bond motifs is 1. The monoisotopic (exact) mass is 243 g/mol. The fourth-order valence-electron chi connectivity index (χ4n) is 1.91. The molecule has 0 amide bonds. The molecule has 1 aromatic rings. The summed E-state index contributed by atoms with van der Waals surface area (Å²) in [5, 5.41) is 22.0. The maximum absolute atomic E-state index is 9.21. The number of nitrogens with zero attached hydrogens (tertiary/aromatic N) is 1. The van der Waals surface area contributed by atoms with Crippen molar-refractivity contribution in [3.05, 3.63) is 17.0 Å². The molecule has 0 unspecified atom stereocenters. The van der Waals surface area contributed by atoms with Crippen LogP contribution in [-0.4, -0.2) is 33.8 Å². The van der Waals surface area contributed by atoms with E-state index in [4.69, 9.17) is 9.63 Å². The summed E-state index contributed by atoms with van der Waals surface area (Å²) < 4.78 is 5.30. The van der Waals surface area contributed by atoms with Crippen LogP contribution in [0, 0.1) is 0 Å². The molecule has 16 heavy (non-hydrogen) atoms. The van der Waals surface area contributed by atoms with Gasteiger partial charge in [-0.1, -0.05) is 5.16 Å². The highest BCUT2D eigenvalue weighted by molar-refractivity contribution is 7.98. The highest BCUT2D eigenvalue weighted by atomic mass is 32.2. The molecule has 1 atom stereocenters. The molecule has 1 aliphatic carbocycles. The maximum Gasteiger partial charge on any atom is 0.140 e. The molecule has 4 nitrogen and oxygen atoms in total. The summed E-state index contributed by atoms with van der Waals surface area (Å²) in [5.74, 6) is 2.35. The molecule has 0 aliphatic heterocycles. The molecule has 0 saturated carbocycles. The van der Waals surface area contributed by atoms with Gasteiger partial charge in [0, 0.05) is 23.5 Å². The topological polar surface area (TPSA) is 66.5 Å². The van der Waals surface area contributed by atoms with E-state index in [1.54, 1.807) is 11.8 Å². The molecular formula is C11H17NO3S. The highest BCUT2D eigenvalue weighted by Crippen LogP contribution is 2.26. The fourth-order valence-corrected chi connectivity index (χ4v) is 2.82. The van der Waals surface area contributed by atoms with Crippen LogP contribution < -0.4 is 0 Å². The van der Waals surface area contributed by atoms with Gasteiger partial charge in [-0.25, -0.2) is 0 Å². The SMILES string of the molecule is OC[C@H](O)CSCc1noc2c1CCCC2. The molecule has 1 aliphatic rings. The lowest BCUT2D eigenvalue weighted by molar-refractivity contribution is 0.113. The second kappa shape index (κ2) is 5.70. The van der Waals surface area contributed by atoms with Crippen molar-refractivity contribution >= 4 is 11.8 Å². The van der Waals surface area contributed by atoms with Crippen LogP contribution in [0.5, 0.6) is 0 Å². The van der Waals surface area contributed by atoms with Gasteiger partial charge < -0.3 is 14.7 Å². The second-order valence-corrected chi connectivity index (χ2v) is 5.12. The third-order valence-corrected chi connectivity index (χ3v) is 3.89. The van der Waals surface area contributed by atoms with Crippen LogP contribution in [0.2, 0.25) is 0 Å². The number of aryl methyl sites for hydroxylation is 1. The first-order valence-electron chi connectivity index (χ1n) is 5.64. The van der Waals surface area contributed by atoms with Crippen molar-refractivity contribution in [2.45, 2.75) is 37.5 Å². The van der Waals surface area contributed by atoms with Crippen LogP contribution in [-0.2, 0) is 18.6 Å². The minimum atomic E-state index is -0.632. The van der Waals surface area contributed by atoms with Crippen LogP contribution in [0.15, 0.2) is 4.52 Å². The molecule has 1 aromatic heterocycles. The summed E-state index contributed by atoms with van der Waals surface area (Å²) >= 11 is 1.58. The Morgan fingerprint density at radius 3 is 3.00 bits per heavy atom. The van der Waals surface area contributed by atoms with E-state index in [9.17, 15) is 5.11 Å². The zero-order chi connectivity index (χ0) is 11.4. The lowest BCUT2D eigenvalue weighted by atomic mass is 9.97. The van der Waals surface area contributed by atoms with Crippen LogP contribution in [0.25, 0.3) is 0 Å². The summed E-state index contributed by atoms with van der Waals surface area (Å²) in [7, 11) is 0. The van der Waals surface area contributed by atoms with E-state index in [1.165, 1.54) is 18.4 Å². The average Bonchev–Trinajstić information content (AvgIpc) is 2.73. The van der Waals surface area contributed by atoms with E-state index in [2.05, 4.69) is 5.16 Å². The first kappa shape index (κ1) is 12.0. The molecule has 5 heteroatoms. The molecule has 0 radical (unpaired) electrons. The zero-order valence-corrected chi connectivity index (χ0v) is 10.0. The van der Waals surface area contributed by atoms with Crippen LogP contribution in [0.3, 0.4) is 0 Å². The predicted octanol–water partition coefficient (Wildman–Crippen LogP) is 1.14.